The molecule has 5 rings (SSSR count). The molecule has 1 amide bonds. The second kappa shape index (κ2) is 6.83. The molecule has 2 fully saturated rings. The highest BCUT2D eigenvalue weighted by atomic mass is 35.5. The first-order chi connectivity index (χ1) is 13.5. The zero-order valence-electron chi connectivity index (χ0n) is 15.3. The maximum Gasteiger partial charge on any atom is 0.287 e. The number of hydrogen-bond acceptors (Lipinski definition) is 6. The summed E-state index contributed by atoms with van der Waals surface area (Å²) in [5.41, 5.74) is 1.92. The van der Waals surface area contributed by atoms with Crippen LogP contribution >= 0.6 is 23.5 Å². The number of furan rings is 1. The molecule has 0 unspecified atom stereocenters. The summed E-state index contributed by atoms with van der Waals surface area (Å²) in [5, 5.41) is 4.43. The summed E-state index contributed by atoms with van der Waals surface area (Å²) in [6, 6.07) is 9.24. The van der Waals surface area contributed by atoms with Gasteiger partial charge in [0.15, 0.2) is 22.3 Å². The zero-order chi connectivity index (χ0) is 19.3. The maximum atomic E-state index is 12.3. The summed E-state index contributed by atoms with van der Waals surface area (Å²) >= 11 is 7.37. The number of aromatic nitrogens is 1. The van der Waals surface area contributed by atoms with E-state index in [-0.39, 0.29) is 11.9 Å². The number of oxazole rings is 1. The first kappa shape index (κ1) is 18.1. The van der Waals surface area contributed by atoms with Gasteiger partial charge in [-0.05, 0) is 80.4 Å². The third-order valence-electron chi connectivity index (χ3n) is 5.78. The summed E-state index contributed by atoms with van der Waals surface area (Å²) in [6.45, 7) is 0. The number of amides is 1. The van der Waals surface area contributed by atoms with E-state index in [1.807, 2.05) is 25.2 Å². The van der Waals surface area contributed by atoms with Gasteiger partial charge in [-0.2, -0.15) is 0 Å². The van der Waals surface area contributed by atoms with Crippen molar-refractivity contribution in [3.05, 3.63) is 47.0 Å². The van der Waals surface area contributed by atoms with Crippen molar-refractivity contribution in [2.45, 2.75) is 42.7 Å². The van der Waals surface area contributed by atoms with Crippen molar-refractivity contribution < 1.29 is 13.6 Å². The quantitative estimate of drug-likeness (QED) is 0.583. The average Bonchev–Trinajstić information content (AvgIpc) is 3.22. The molecule has 0 atom stereocenters. The number of fused-ring (bicyclic) bond motifs is 1. The molecule has 2 N–H and O–H groups in total. The lowest BCUT2D eigenvalue weighted by molar-refractivity contribution is -0.0256. The molecule has 0 aliphatic heterocycles. The van der Waals surface area contributed by atoms with Crippen LogP contribution in [0.5, 0.6) is 0 Å². The van der Waals surface area contributed by atoms with Gasteiger partial charge in [-0.3, -0.25) is 9.52 Å². The molecule has 2 aliphatic rings. The van der Waals surface area contributed by atoms with Crippen molar-refractivity contribution in [1.29, 1.82) is 0 Å². The van der Waals surface area contributed by atoms with Crippen LogP contribution in [0.1, 0.15) is 48.0 Å². The Kier molecular flexibility index (Phi) is 4.41. The molecule has 2 aliphatic carbocycles. The molecular formula is C20H20ClN3O3S. The summed E-state index contributed by atoms with van der Waals surface area (Å²) in [6.07, 6.45) is 4.12. The van der Waals surface area contributed by atoms with Crippen LogP contribution in [0.15, 0.2) is 44.3 Å². The normalized spacial score (nSPS) is 26.2. The van der Waals surface area contributed by atoms with Crippen LogP contribution in [0.2, 0.25) is 5.02 Å². The number of carbonyl (C=O) groups is 1. The van der Waals surface area contributed by atoms with Gasteiger partial charge in [0.2, 0.25) is 0 Å². The predicted molar refractivity (Wildman–Crippen MR) is 108 cm³/mol. The molecule has 0 saturated heterocycles. The number of nitrogens with zero attached hydrogens (tertiary/aromatic N) is 1. The van der Waals surface area contributed by atoms with Gasteiger partial charge in [0, 0.05) is 17.0 Å². The van der Waals surface area contributed by atoms with E-state index in [0.29, 0.717) is 27.2 Å². The van der Waals surface area contributed by atoms with E-state index in [1.54, 1.807) is 12.1 Å². The van der Waals surface area contributed by atoms with E-state index in [4.69, 9.17) is 20.4 Å². The number of rotatable bonds is 5. The van der Waals surface area contributed by atoms with E-state index >= 15 is 0 Å². The van der Waals surface area contributed by atoms with Gasteiger partial charge < -0.3 is 14.2 Å². The molecule has 2 heterocycles. The van der Waals surface area contributed by atoms with Crippen molar-refractivity contribution in [3.63, 3.8) is 0 Å². The monoisotopic (exact) mass is 417 g/mol. The van der Waals surface area contributed by atoms with Gasteiger partial charge in [-0.15, -0.1) is 0 Å². The lowest BCUT2D eigenvalue weighted by Crippen LogP contribution is -2.55. The van der Waals surface area contributed by atoms with Crippen LogP contribution in [0, 0.1) is 5.41 Å². The number of hydrogen-bond donors (Lipinski definition) is 2. The molecule has 6 nitrogen and oxygen atoms in total. The van der Waals surface area contributed by atoms with Gasteiger partial charge >= 0.3 is 0 Å². The second-order valence-corrected chi connectivity index (χ2v) is 9.22. The Labute approximate surface area is 171 Å². The fourth-order valence-corrected chi connectivity index (χ4v) is 5.16. The number of nitrogens with one attached hydrogen (secondary N) is 2. The van der Waals surface area contributed by atoms with Gasteiger partial charge in [0.1, 0.15) is 5.52 Å². The summed E-state index contributed by atoms with van der Waals surface area (Å²) < 4.78 is 14.3. The Morgan fingerprint density at radius 2 is 2.04 bits per heavy atom. The predicted octanol–water partition coefficient (Wildman–Crippen LogP) is 4.76. The minimum atomic E-state index is -0.144. The molecule has 0 radical (unpaired) electrons. The highest BCUT2D eigenvalue weighted by Crippen LogP contribution is 2.61. The van der Waals surface area contributed by atoms with E-state index in [1.165, 1.54) is 11.9 Å². The Morgan fingerprint density at radius 1 is 1.21 bits per heavy atom. The Morgan fingerprint density at radius 3 is 2.82 bits per heavy atom. The third-order valence-corrected chi connectivity index (χ3v) is 6.64. The largest absolute Gasteiger partial charge is 0.443 e. The van der Waals surface area contributed by atoms with Crippen LogP contribution in [0.3, 0.4) is 0 Å². The van der Waals surface area contributed by atoms with Gasteiger partial charge in [0.25, 0.3) is 5.91 Å². The molecule has 28 heavy (non-hydrogen) atoms. The standard InChI is InChI=1S/C20H20ClN3O3S/c1-22-28-17-5-4-16(26-17)18(25)23-13-9-20(10-13)7-11(8-20)19-24-14-6-12(21)2-3-15(14)27-19/h2-6,11,13,22H,7-10H2,1H3,(H,23,25). The van der Waals surface area contributed by atoms with Gasteiger partial charge in [-0.1, -0.05) is 11.6 Å². The molecule has 8 heteroatoms. The topological polar surface area (TPSA) is 80.3 Å². The maximum absolute atomic E-state index is 12.3. The van der Waals surface area contributed by atoms with E-state index < -0.39 is 0 Å². The fraction of sp³-hybridized carbons (Fsp3) is 0.400. The lowest BCUT2D eigenvalue weighted by Gasteiger charge is -2.57. The van der Waals surface area contributed by atoms with Crippen molar-refractivity contribution in [2.24, 2.45) is 5.41 Å². The first-order valence-corrected chi connectivity index (χ1v) is 10.5. The average molecular weight is 418 g/mol. The molecule has 2 aromatic heterocycles. The summed E-state index contributed by atoms with van der Waals surface area (Å²) in [4.78, 5) is 16.9. The zero-order valence-corrected chi connectivity index (χ0v) is 16.9. The molecule has 1 aromatic carbocycles. The van der Waals surface area contributed by atoms with Crippen LogP contribution < -0.4 is 10.0 Å². The Bertz CT molecular complexity index is 1030. The number of benzene rings is 1. The molecule has 1 spiro atoms. The fourth-order valence-electron chi connectivity index (χ4n) is 4.53. The smallest absolute Gasteiger partial charge is 0.287 e. The Hall–Kier alpha value is -1.96. The van der Waals surface area contributed by atoms with Crippen molar-refractivity contribution in [1.82, 2.24) is 15.0 Å². The molecular weight excluding hydrogens is 398 g/mol. The minimum absolute atomic E-state index is 0.144. The van der Waals surface area contributed by atoms with Crippen molar-refractivity contribution in [2.75, 3.05) is 7.05 Å². The van der Waals surface area contributed by atoms with Crippen molar-refractivity contribution >= 4 is 40.6 Å². The van der Waals surface area contributed by atoms with Gasteiger partial charge in [0.05, 0.1) is 0 Å². The number of halogens is 1. The van der Waals surface area contributed by atoms with Crippen LogP contribution in [0.25, 0.3) is 11.1 Å². The molecule has 3 aromatic rings. The van der Waals surface area contributed by atoms with E-state index in [9.17, 15) is 4.79 Å². The second-order valence-electron chi connectivity index (χ2n) is 7.77. The lowest BCUT2D eigenvalue weighted by atomic mass is 9.50. The molecule has 146 valence electrons. The minimum Gasteiger partial charge on any atom is -0.443 e. The van der Waals surface area contributed by atoms with Crippen LogP contribution in [0.4, 0.5) is 0 Å². The Balaban J connectivity index is 1.14. The summed E-state index contributed by atoms with van der Waals surface area (Å²) in [7, 11) is 1.81. The highest BCUT2D eigenvalue weighted by Gasteiger charge is 2.54. The highest BCUT2D eigenvalue weighted by molar-refractivity contribution is 7.97. The molecule has 0 bridgehead atoms. The van der Waals surface area contributed by atoms with Gasteiger partial charge in [-0.25, -0.2) is 4.98 Å². The molecule has 2 saturated carbocycles. The SMILES string of the molecule is CNSc1ccc(C(=O)NC2CC3(C2)CC(c2nc4cc(Cl)ccc4o2)C3)o1. The first-order valence-electron chi connectivity index (χ1n) is 9.34. The van der Waals surface area contributed by atoms with Crippen LogP contribution in [-0.4, -0.2) is 24.0 Å². The number of carbonyl (C=O) groups excluding carboxylic acids is 1. The van der Waals surface area contributed by atoms with Crippen molar-refractivity contribution in [3.8, 4) is 0 Å². The summed E-state index contributed by atoms with van der Waals surface area (Å²) in [5.74, 6) is 1.37. The third kappa shape index (κ3) is 3.21. The van der Waals surface area contributed by atoms with Crippen LogP contribution in [-0.2, 0) is 0 Å². The van der Waals surface area contributed by atoms with E-state index in [2.05, 4.69) is 15.0 Å². The van der Waals surface area contributed by atoms with E-state index in [0.717, 1.165) is 42.7 Å².